The number of hydrogen-bond donors (Lipinski definition) is 0. The van der Waals surface area contributed by atoms with Crippen molar-refractivity contribution in [2.45, 2.75) is 13.3 Å². The molecule has 62 valence electrons. The molecular formula is C10H11NO. The van der Waals surface area contributed by atoms with Crippen LogP contribution in [0.15, 0.2) is 18.2 Å². The van der Waals surface area contributed by atoms with Crippen molar-refractivity contribution in [1.29, 1.82) is 5.26 Å². The van der Waals surface area contributed by atoms with Crippen LogP contribution in [0.2, 0.25) is 0 Å². The number of benzene rings is 1. The maximum atomic E-state index is 8.63. The largest absolute Gasteiger partial charge is 0.496 e. The van der Waals surface area contributed by atoms with Crippen molar-refractivity contribution >= 4 is 0 Å². The van der Waals surface area contributed by atoms with E-state index in [1.54, 1.807) is 13.2 Å². The van der Waals surface area contributed by atoms with Gasteiger partial charge in [-0.15, -0.1) is 0 Å². The van der Waals surface area contributed by atoms with Crippen molar-refractivity contribution in [2.75, 3.05) is 7.11 Å². The minimum Gasteiger partial charge on any atom is -0.496 e. The van der Waals surface area contributed by atoms with Crippen LogP contribution in [0.4, 0.5) is 0 Å². The monoisotopic (exact) mass is 161 g/mol. The van der Waals surface area contributed by atoms with Crippen molar-refractivity contribution in [3.8, 4) is 11.8 Å². The standard InChI is InChI=1S/C10H11NO/c1-3-9-6-8(7-11)4-5-10(9)12-2/h4-6H,3H2,1-2H3. The quantitative estimate of drug-likeness (QED) is 0.665. The van der Waals surface area contributed by atoms with Gasteiger partial charge in [-0.05, 0) is 30.2 Å². The molecule has 1 aromatic carbocycles. The molecule has 0 heterocycles. The lowest BCUT2D eigenvalue weighted by Gasteiger charge is -2.05. The molecule has 1 aromatic rings. The lowest BCUT2D eigenvalue weighted by molar-refractivity contribution is 0.410. The fourth-order valence-electron chi connectivity index (χ4n) is 1.12. The van der Waals surface area contributed by atoms with Crippen LogP contribution in [0.1, 0.15) is 18.1 Å². The van der Waals surface area contributed by atoms with E-state index in [0.29, 0.717) is 5.56 Å². The molecule has 0 aliphatic carbocycles. The van der Waals surface area contributed by atoms with E-state index in [0.717, 1.165) is 17.7 Å². The van der Waals surface area contributed by atoms with Gasteiger partial charge in [-0.2, -0.15) is 5.26 Å². The fraction of sp³-hybridized carbons (Fsp3) is 0.300. The highest BCUT2D eigenvalue weighted by Gasteiger charge is 2.00. The van der Waals surface area contributed by atoms with E-state index in [9.17, 15) is 0 Å². The van der Waals surface area contributed by atoms with Gasteiger partial charge in [0.25, 0.3) is 0 Å². The van der Waals surface area contributed by atoms with Crippen LogP contribution in [0, 0.1) is 11.3 Å². The van der Waals surface area contributed by atoms with Gasteiger partial charge in [-0.3, -0.25) is 0 Å². The molecule has 0 spiro atoms. The second-order valence-corrected chi connectivity index (χ2v) is 2.49. The first-order chi connectivity index (χ1) is 5.81. The Bertz CT molecular complexity index is 312. The molecule has 0 aliphatic rings. The van der Waals surface area contributed by atoms with Crippen LogP contribution in [0.5, 0.6) is 5.75 Å². The Morgan fingerprint density at radius 2 is 2.25 bits per heavy atom. The average Bonchev–Trinajstić information content (AvgIpc) is 2.16. The van der Waals surface area contributed by atoms with E-state index < -0.39 is 0 Å². The van der Waals surface area contributed by atoms with Gasteiger partial charge in [0.1, 0.15) is 5.75 Å². The van der Waals surface area contributed by atoms with E-state index in [1.165, 1.54) is 0 Å². The second kappa shape index (κ2) is 3.77. The molecule has 0 amide bonds. The predicted octanol–water partition coefficient (Wildman–Crippen LogP) is 2.13. The lowest BCUT2D eigenvalue weighted by Crippen LogP contribution is -1.90. The van der Waals surface area contributed by atoms with Crippen LogP contribution in [0.25, 0.3) is 0 Å². The first-order valence-corrected chi connectivity index (χ1v) is 3.88. The summed E-state index contributed by atoms with van der Waals surface area (Å²) in [4.78, 5) is 0. The van der Waals surface area contributed by atoms with Gasteiger partial charge in [-0.1, -0.05) is 6.92 Å². The number of rotatable bonds is 2. The van der Waals surface area contributed by atoms with E-state index in [1.807, 2.05) is 19.1 Å². The van der Waals surface area contributed by atoms with Crippen molar-refractivity contribution in [2.24, 2.45) is 0 Å². The molecule has 0 unspecified atom stereocenters. The lowest BCUT2D eigenvalue weighted by atomic mass is 10.1. The Labute approximate surface area is 72.4 Å². The van der Waals surface area contributed by atoms with Crippen molar-refractivity contribution in [3.05, 3.63) is 29.3 Å². The summed E-state index contributed by atoms with van der Waals surface area (Å²) in [7, 11) is 1.64. The van der Waals surface area contributed by atoms with Crippen LogP contribution in [-0.2, 0) is 6.42 Å². The molecule has 0 aliphatic heterocycles. The summed E-state index contributed by atoms with van der Waals surface area (Å²) in [5, 5.41) is 8.63. The molecular weight excluding hydrogens is 150 g/mol. The van der Waals surface area contributed by atoms with Crippen LogP contribution in [0.3, 0.4) is 0 Å². The molecule has 12 heavy (non-hydrogen) atoms. The van der Waals surface area contributed by atoms with Crippen molar-refractivity contribution in [1.82, 2.24) is 0 Å². The number of methoxy groups -OCH3 is 1. The SMILES string of the molecule is CCc1cc(C#N)ccc1OC. The maximum absolute atomic E-state index is 8.63. The first-order valence-electron chi connectivity index (χ1n) is 3.88. The molecule has 0 radical (unpaired) electrons. The molecule has 2 heteroatoms. The summed E-state index contributed by atoms with van der Waals surface area (Å²) in [6.45, 7) is 2.04. The highest BCUT2D eigenvalue weighted by Crippen LogP contribution is 2.19. The van der Waals surface area contributed by atoms with Gasteiger partial charge in [0, 0.05) is 0 Å². The molecule has 0 saturated carbocycles. The molecule has 2 nitrogen and oxygen atoms in total. The van der Waals surface area contributed by atoms with E-state index in [2.05, 4.69) is 6.07 Å². The summed E-state index contributed by atoms with van der Waals surface area (Å²) in [6, 6.07) is 7.55. The number of aryl methyl sites for hydroxylation is 1. The third-order valence-electron chi connectivity index (χ3n) is 1.79. The van der Waals surface area contributed by atoms with Gasteiger partial charge in [0.2, 0.25) is 0 Å². The Balaban J connectivity index is 3.13. The second-order valence-electron chi connectivity index (χ2n) is 2.49. The molecule has 1 rings (SSSR count). The molecule has 0 saturated heterocycles. The van der Waals surface area contributed by atoms with Gasteiger partial charge in [0.15, 0.2) is 0 Å². The fourth-order valence-corrected chi connectivity index (χ4v) is 1.12. The molecule has 0 N–H and O–H groups in total. The summed E-state index contributed by atoms with van der Waals surface area (Å²) in [5.41, 5.74) is 1.77. The van der Waals surface area contributed by atoms with Gasteiger partial charge >= 0.3 is 0 Å². The van der Waals surface area contributed by atoms with Gasteiger partial charge < -0.3 is 4.74 Å². The summed E-state index contributed by atoms with van der Waals surface area (Å²) < 4.78 is 5.13. The van der Waals surface area contributed by atoms with Gasteiger partial charge in [0.05, 0.1) is 18.7 Å². The van der Waals surface area contributed by atoms with Crippen molar-refractivity contribution < 1.29 is 4.74 Å². The van der Waals surface area contributed by atoms with E-state index in [4.69, 9.17) is 10.00 Å². The van der Waals surface area contributed by atoms with Crippen LogP contribution in [-0.4, -0.2) is 7.11 Å². The topological polar surface area (TPSA) is 33.0 Å². The zero-order chi connectivity index (χ0) is 8.97. The zero-order valence-electron chi connectivity index (χ0n) is 7.29. The Hall–Kier alpha value is -1.49. The zero-order valence-corrected chi connectivity index (χ0v) is 7.29. The minimum absolute atomic E-state index is 0.688. The number of nitriles is 1. The molecule has 0 fully saturated rings. The van der Waals surface area contributed by atoms with E-state index in [-0.39, 0.29) is 0 Å². The number of nitrogens with zero attached hydrogens (tertiary/aromatic N) is 1. The highest BCUT2D eigenvalue weighted by molar-refractivity contribution is 5.41. The molecule has 0 bridgehead atoms. The smallest absolute Gasteiger partial charge is 0.122 e. The molecule has 0 atom stereocenters. The Morgan fingerprint density at radius 3 is 2.75 bits per heavy atom. The first kappa shape index (κ1) is 8.61. The molecule has 0 aromatic heterocycles. The summed E-state index contributed by atoms with van der Waals surface area (Å²) >= 11 is 0. The Morgan fingerprint density at radius 1 is 1.50 bits per heavy atom. The Kier molecular flexibility index (Phi) is 2.71. The average molecular weight is 161 g/mol. The minimum atomic E-state index is 0.688. The maximum Gasteiger partial charge on any atom is 0.122 e. The normalized spacial score (nSPS) is 9.08. The van der Waals surface area contributed by atoms with Crippen LogP contribution < -0.4 is 4.74 Å². The number of ether oxygens (including phenoxy) is 1. The summed E-state index contributed by atoms with van der Waals surface area (Å²) in [5.74, 6) is 0.858. The van der Waals surface area contributed by atoms with Crippen LogP contribution >= 0.6 is 0 Å². The predicted molar refractivity (Wildman–Crippen MR) is 47.1 cm³/mol. The third kappa shape index (κ3) is 1.57. The van der Waals surface area contributed by atoms with E-state index >= 15 is 0 Å². The number of hydrogen-bond acceptors (Lipinski definition) is 2. The third-order valence-corrected chi connectivity index (χ3v) is 1.79. The van der Waals surface area contributed by atoms with Gasteiger partial charge in [-0.25, -0.2) is 0 Å². The highest BCUT2D eigenvalue weighted by atomic mass is 16.5. The van der Waals surface area contributed by atoms with Crippen molar-refractivity contribution in [3.63, 3.8) is 0 Å². The summed E-state index contributed by atoms with van der Waals surface area (Å²) in [6.07, 6.45) is 0.888.